The second kappa shape index (κ2) is 9.15. The summed E-state index contributed by atoms with van der Waals surface area (Å²) >= 11 is 7.21. The predicted octanol–water partition coefficient (Wildman–Crippen LogP) is 5.71. The second-order valence-electron chi connectivity index (χ2n) is 7.46. The van der Waals surface area contributed by atoms with E-state index in [0.29, 0.717) is 23.7 Å². The Morgan fingerprint density at radius 3 is 2.50 bits per heavy atom. The molecule has 0 bridgehead atoms. The Labute approximate surface area is 192 Å². The van der Waals surface area contributed by atoms with E-state index >= 15 is 0 Å². The van der Waals surface area contributed by atoms with Crippen LogP contribution in [0.5, 0.6) is 0 Å². The van der Waals surface area contributed by atoms with Crippen LogP contribution in [-0.4, -0.2) is 43.9 Å². The van der Waals surface area contributed by atoms with E-state index in [9.17, 15) is 18.0 Å². The lowest BCUT2D eigenvalue weighted by Gasteiger charge is -2.21. The van der Waals surface area contributed by atoms with Crippen molar-refractivity contribution in [2.45, 2.75) is 36.3 Å². The van der Waals surface area contributed by atoms with Gasteiger partial charge in [0.1, 0.15) is 0 Å². The standard InChI is InChI=1S/C22H20ClF3N4OS/c1-14(20(31)29-11-4-5-12-29)32-21-28-27-19(15-7-6-8-16(23)13-15)30(21)18-10-3-2-9-17(18)22(24,25)26/h2-3,6-10,13-14H,4-5,11-12H2,1H3. The molecular formula is C22H20ClF3N4OS. The first-order chi connectivity index (χ1) is 15.3. The molecule has 0 radical (unpaired) electrons. The zero-order valence-corrected chi connectivity index (χ0v) is 18.7. The van der Waals surface area contributed by atoms with Crippen molar-refractivity contribution >= 4 is 29.3 Å². The average Bonchev–Trinajstić information content (AvgIpc) is 3.43. The number of hydrogen-bond donors (Lipinski definition) is 0. The lowest BCUT2D eigenvalue weighted by molar-refractivity contribution is -0.137. The van der Waals surface area contributed by atoms with Gasteiger partial charge in [-0.05, 0) is 44.0 Å². The van der Waals surface area contributed by atoms with Gasteiger partial charge in [0.2, 0.25) is 5.91 Å². The fourth-order valence-corrected chi connectivity index (χ4v) is 4.82. The number of amides is 1. The van der Waals surface area contributed by atoms with Gasteiger partial charge in [-0.1, -0.05) is 47.6 Å². The van der Waals surface area contributed by atoms with E-state index in [-0.39, 0.29) is 22.6 Å². The minimum absolute atomic E-state index is 0.0598. The molecule has 1 aliphatic rings. The molecular weight excluding hydrogens is 461 g/mol. The SMILES string of the molecule is CC(Sc1nnc(-c2cccc(Cl)c2)n1-c1ccccc1C(F)(F)F)C(=O)N1CCCC1. The molecule has 2 heterocycles. The van der Waals surface area contributed by atoms with Crippen LogP contribution in [0.4, 0.5) is 13.2 Å². The number of carbonyl (C=O) groups excluding carboxylic acids is 1. The molecule has 1 saturated heterocycles. The molecule has 1 atom stereocenters. The van der Waals surface area contributed by atoms with Crippen molar-refractivity contribution in [2.75, 3.05) is 13.1 Å². The molecule has 32 heavy (non-hydrogen) atoms. The van der Waals surface area contributed by atoms with Crippen LogP contribution in [0.1, 0.15) is 25.3 Å². The van der Waals surface area contributed by atoms with Gasteiger partial charge in [-0.15, -0.1) is 10.2 Å². The van der Waals surface area contributed by atoms with Crippen LogP contribution in [0.25, 0.3) is 17.1 Å². The lowest BCUT2D eigenvalue weighted by Crippen LogP contribution is -2.34. The Hall–Kier alpha value is -2.52. The number of alkyl halides is 3. The maximum absolute atomic E-state index is 13.8. The van der Waals surface area contributed by atoms with Crippen LogP contribution in [-0.2, 0) is 11.0 Å². The largest absolute Gasteiger partial charge is 0.418 e. The zero-order chi connectivity index (χ0) is 22.9. The van der Waals surface area contributed by atoms with Gasteiger partial charge in [-0.3, -0.25) is 9.36 Å². The van der Waals surface area contributed by atoms with Gasteiger partial charge in [0.15, 0.2) is 11.0 Å². The topological polar surface area (TPSA) is 51.0 Å². The van der Waals surface area contributed by atoms with Gasteiger partial charge in [-0.25, -0.2) is 0 Å². The summed E-state index contributed by atoms with van der Waals surface area (Å²) in [5.74, 6) is 0.156. The van der Waals surface area contributed by atoms with Crippen molar-refractivity contribution in [3.05, 3.63) is 59.1 Å². The van der Waals surface area contributed by atoms with E-state index in [1.165, 1.54) is 22.8 Å². The number of nitrogens with zero attached hydrogens (tertiary/aromatic N) is 4. The Morgan fingerprint density at radius 2 is 1.81 bits per heavy atom. The van der Waals surface area contributed by atoms with Crippen LogP contribution in [0.2, 0.25) is 5.02 Å². The molecule has 5 nitrogen and oxygen atoms in total. The molecule has 1 unspecified atom stereocenters. The first-order valence-electron chi connectivity index (χ1n) is 10.1. The smallest absolute Gasteiger partial charge is 0.342 e. The molecule has 10 heteroatoms. The van der Waals surface area contributed by atoms with E-state index < -0.39 is 17.0 Å². The number of para-hydroxylation sites is 1. The van der Waals surface area contributed by atoms with Crippen LogP contribution in [0.15, 0.2) is 53.7 Å². The van der Waals surface area contributed by atoms with Crippen LogP contribution < -0.4 is 0 Å². The van der Waals surface area contributed by atoms with E-state index in [4.69, 9.17) is 11.6 Å². The molecule has 0 spiro atoms. The van der Waals surface area contributed by atoms with E-state index in [1.54, 1.807) is 36.1 Å². The summed E-state index contributed by atoms with van der Waals surface area (Å²) in [6.45, 7) is 3.13. The molecule has 1 amide bonds. The van der Waals surface area contributed by atoms with Gasteiger partial charge < -0.3 is 4.90 Å². The Kier molecular flexibility index (Phi) is 6.48. The highest BCUT2D eigenvalue weighted by Crippen LogP contribution is 2.38. The average molecular weight is 481 g/mol. The third-order valence-electron chi connectivity index (χ3n) is 5.21. The number of benzene rings is 2. The summed E-state index contributed by atoms with van der Waals surface area (Å²) in [6, 6.07) is 11.9. The number of hydrogen-bond acceptors (Lipinski definition) is 4. The van der Waals surface area contributed by atoms with Crippen molar-refractivity contribution in [1.29, 1.82) is 0 Å². The first-order valence-corrected chi connectivity index (χ1v) is 11.3. The van der Waals surface area contributed by atoms with Crippen LogP contribution in [0.3, 0.4) is 0 Å². The number of thioether (sulfide) groups is 1. The number of carbonyl (C=O) groups is 1. The van der Waals surface area contributed by atoms with Gasteiger partial charge in [0, 0.05) is 23.7 Å². The predicted molar refractivity (Wildman–Crippen MR) is 118 cm³/mol. The lowest BCUT2D eigenvalue weighted by atomic mass is 10.1. The molecule has 1 aliphatic heterocycles. The first kappa shape index (κ1) is 22.7. The van der Waals surface area contributed by atoms with Crippen molar-refractivity contribution in [3.63, 3.8) is 0 Å². The fourth-order valence-electron chi connectivity index (χ4n) is 3.69. The highest BCUT2D eigenvalue weighted by Gasteiger charge is 2.35. The fraction of sp³-hybridized carbons (Fsp3) is 0.318. The van der Waals surface area contributed by atoms with Crippen LogP contribution in [0, 0.1) is 0 Å². The number of likely N-dealkylation sites (tertiary alicyclic amines) is 1. The molecule has 2 aromatic carbocycles. The van der Waals surface area contributed by atoms with Gasteiger partial charge >= 0.3 is 6.18 Å². The Balaban J connectivity index is 1.81. The van der Waals surface area contributed by atoms with Gasteiger partial charge in [0.05, 0.1) is 16.5 Å². The molecule has 0 N–H and O–H groups in total. The highest BCUT2D eigenvalue weighted by atomic mass is 35.5. The summed E-state index contributed by atoms with van der Waals surface area (Å²) in [5.41, 5.74) is -0.404. The summed E-state index contributed by atoms with van der Waals surface area (Å²) in [7, 11) is 0. The third-order valence-corrected chi connectivity index (χ3v) is 6.48. The minimum Gasteiger partial charge on any atom is -0.342 e. The molecule has 4 rings (SSSR count). The summed E-state index contributed by atoms with van der Waals surface area (Å²) in [5, 5.41) is 8.45. The highest BCUT2D eigenvalue weighted by molar-refractivity contribution is 8.00. The van der Waals surface area contributed by atoms with Crippen molar-refractivity contribution in [2.24, 2.45) is 0 Å². The van der Waals surface area contributed by atoms with E-state index in [2.05, 4.69) is 10.2 Å². The van der Waals surface area contributed by atoms with Gasteiger partial charge in [-0.2, -0.15) is 13.2 Å². The molecule has 168 valence electrons. The molecule has 3 aromatic rings. The number of halogens is 4. The van der Waals surface area contributed by atoms with E-state index in [0.717, 1.165) is 30.7 Å². The van der Waals surface area contributed by atoms with Crippen molar-refractivity contribution in [3.8, 4) is 17.1 Å². The molecule has 0 aliphatic carbocycles. The third kappa shape index (κ3) is 4.63. The molecule has 1 fully saturated rings. The Bertz CT molecular complexity index is 1130. The van der Waals surface area contributed by atoms with Gasteiger partial charge in [0.25, 0.3) is 0 Å². The van der Waals surface area contributed by atoms with E-state index in [1.807, 2.05) is 0 Å². The number of rotatable bonds is 5. The van der Waals surface area contributed by atoms with Crippen LogP contribution >= 0.6 is 23.4 Å². The molecule has 0 saturated carbocycles. The maximum Gasteiger partial charge on any atom is 0.418 e. The normalized spacial score (nSPS) is 15.2. The summed E-state index contributed by atoms with van der Waals surface area (Å²) in [6.07, 6.45) is -2.67. The molecule has 1 aromatic heterocycles. The number of aromatic nitrogens is 3. The Morgan fingerprint density at radius 1 is 1.09 bits per heavy atom. The quantitative estimate of drug-likeness (QED) is 0.439. The van der Waals surface area contributed by atoms with Crippen molar-refractivity contribution in [1.82, 2.24) is 19.7 Å². The maximum atomic E-state index is 13.8. The summed E-state index contributed by atoms with van der Waals surface area (Å²) < 4.78 is 42.8. The summed E-state index contributed by atoms with van der Waals surface area (Å²) in [4.78, 5) is 14.6. The monoisotopic (exact) mass is 480 g/mol. The van der Waals surface area contributed by atoms with Crippen molar-refractivity contribution < 1.29 is 18.0 Å². The second-order valence-corrected chi connectivity index (χ2v) is 9.20. The zero-order valence-electron chi connectivity index (χ0n) is 17.1. The minimum atomic E-state index is -4.58.